The van der Waals surface area contributed by atoms with Gasteiger partial charge in [-0.3, -0.25) is 4.79 Å². The first kappa shape index (κ1) is 15.9. The van der Waals surface area contributed by atoms with Gasteiger partial charge in [-0.15, -0.1) is 0 Å². The Morgan fingerprint density at radius 1 is 1.09 bits per heavy atom. The molecule has 4 nitrogen and oxygen atoms in total. The summed E-state index contributed by atoms with van der Waals surface area (Å²) in [6.07, 6.45) is -0.634. The lowest BCUT2D eigenvalue weighted by molar-refractivity contribution is -0.122. The van der Waals surface area contributed by atoms with Crippen LogP contribution < -0.4 is 10.1 Å². The normalized spacial score (nSPS) is 11.8. The molecule has 0 unspecified atom stereocenters. The van der Waals surface area contributed by atoms with Crippen LogP contribution in [-0.2, 0) is 4.79 Å². The van der Waals surface area contributed by atoms with Gasteiger partial charge in [-0.1, -0.05) is 23.8 Å². The smallest absolute Gasteiger partial charge is 0.265 e. The van der Waals surface area contributed by atoms with E-state index in [2.05, 4.69) is 5.32 Å². The number of carbonyl (C=O) groups excluding carboxylic acids is 1. The number of phenols is 1. The molecule has 0 aliphatic carbocycles. The second-order valence-corrected chi connectivity index (χ2v) is 5.52. The molecule has 0 bridgehead atoms. The second kappa shape index (κ2) is 6.52. The van der Waals surface area contributed by atoms with Gasteiger partial charge < -0.3 is 15.2 Å². The van der Waals surface area contributed by atoms with Crippen LogP contribution in [0.1, 0.15) is 23.6 Å². The summed E-state index contributed by atoms with van der Waals surface area (Å²) in [5, 5.41) is 12.4. The Labute approximate surface area is 130 Å². The van der Waals surface area contributed by atoms with E-state index in [4.69, 9.17) is 4.74 Å². The van der Waals surface area contributed by atoms with Crippen LogP contribution in [0, 0.1) is 20.8 Å². The number of aryl methyl sites for hydroxylation is 3. The maximum absolute atomic E-state index is 12.2. The van der Waals surface area contributed by atoms with Crippen LogP contribution in [0.25, 0.3) is 0 Å². The Morgan fingerprint density at radius 2 is 1.82 bits per heavy atom. The predicted octanol–water partition coefficient (Wildman–Crippen LogP) is 3.72. The van der Waals surface area contributed by atoms with E-state index in [1.807, 2.05) is 32.0 Å². The number of rotatable bonds is 4. The van der Waals surface area contributed by atoms with Crippen molar-refractivity contribution in [2.24, 2.45) is 0 Å². The van der Waals surface area contributed by atoms with E-state index >= 15 is 0 Å². The fourth-order valence-electron chi connectivity index (χ4n) is 2.11. The van der Waals surface area contributed by atoms with Crippen molar-refractivity contribution in [1.82, 2.24) is 0 Å². The van der Waals surface area contributed by atoms with Gasteiger partial charge in [-0.2, -0.15) is 0 Å². The van der Waals surface area contributed by atoms with Gasteiger partial charge in [0, 0.05) is 11.8 Å². The van der Waals surface area contributed by atoms with E-state index in [1.54, 1.807) is 26.0 Å². The molecule has 0 aliphatic rings. The summed E-state index contributed by atoms with van der Waals surface area (Å²) in [6, 6.07) is 10.9. The zero-order valence-electron chi connectivity index (χ0n) is 13.3. The lowest BCUT2D eigenvalue weighted by atomic mass is 10.1. The molecule has 0 aliphatic heterocycles. The fraction of sp³-hybridized carbons (Fsp3) is 0.278. The summed E-state index contributed by atoms with van der Waals surface area (Å²) < 4.78 is 5.71. The van der Waals surface area contributed by atoms with Crippen LogP contribution in [0.4, 0.5) is 5.69 Å². The van der Waals surface area contributed by atoms with Gasteiger partial charge in [0.25, 0.3) is 5.91 Å². The molecule has 0 aromatic heterocycles. The number of benzene rings is 2. The largest absolute Gasteiger partial charge is 0.508 e. The van der Waals surface area contributed by atoms with Crippen LogP contribution >= 0.6 is 0 Å². The van der Waals surface area contributed by atoms with Gasteiger partial charge in [0.15, 0.2) is 6.10 Å². The summed E-state index contributed by atoms with van der Waals surface area (Å²) in [5.74, 6) is 0.587. The maximum atomic E-state index is 12.2. The third kappa shape index (κ3) is 3.79. The molecular weight excluding hydrogens is 278 g/mol. The highest BCUT2D eigenvalue weighted by Crippen LogP contribution is 2.22. The van der Waals surface area contributed by atoms with Crippen LogP contribution in [0.5, 0.6) is 11.5 Å². The number of aromatic hydroxyl groups is 1. The van der Waals surface area contributed by atoms with Gasteiger partial charge in [0.1, 0.15) is 11.5 Å². The number of phenolic OH excluding ortho intramolecular Hbond substituents is 1. The van der Waals surface area contributed by atoms with Crippen molar-refractivity contribution in [2.45, 2.75) is 33.8 Å². The zero-order chi connectivity index (χ0) is 16.3. The lowest BCUT2D eigenvalue weighted by Crippen LogP contribution is -2.30. The number of ether oxygens (including phenoxy) is 1. The Balaban J connectivity index is 2.04. The second-order valence-electron chi connectivity index (χ2n) is 5.52. The van der Waals surface area contributed by atoms with Crippen molar-refractivity contribution >= 4 is 11.6 Å². The van der Waals surface area contributed by atoms with Crippen molar-refractivity contribution in [2.75, 3.05) is 5.32 Å². The predicted molar refractivity (Wildman–Crippen MR) is 87.5 cm³/mol. The average molecular weight is 299 g/mol. The van der Waals surface area contributed by atoms with Crippen molar-refractivity contribution in [3.63, 3.8) is 0 Å². The van der Waals surface area contributed by atoms with E-state index in [9.17, 15) is 9.90 Å². The highest BCUT2D eigenvalue weighted by molar-refractivity contribution is 5.94. The van der Waals surface area contributed by atoms with E-state index in [-0.39, 0.29) is 11.7 Å². The number of anilines is 1. The number of carbonyl (C=O) groups is 1. The van der Waals surface area contributed by atoms with Gasteiger partial charge in [-0.25, -0.2) is 0 Å². The number of amides is 1. The first-order valence-electron chi connectivity index (χ1n) is 7.21. The van der Waals surface area contributed by atoms with Gasteiger partial charge in [0.05, 0.1) is 0 Å². The highest BCUT2D eigenvalue weighted by atomic mass is 16.5. The summed E-state index contributed by atoms with van der Waals surface area (Å²) in [5.41, 5.74) is 3.45. The minimum Gasteiger partial charge on any atom is -0.508 e. The minimum absolute atomic E-state index is 0.153. The van der Waals surface area contributed by atoms with E-state index in [1.165, 1.54) is 6.07 Å². The van der Waals surface area contributed by atoms with Crippen LogP contribution in [-0.4, -0.2) is 17.1 Å². The molecule has 2 rings (SSSR count). The molecule has 116 valence electrons. The van der Waals surface area contributed by atoms with Crippen molar-refractivity contribution in [3.05, 3.63) is 53.1 Å². The number of nitrogens with one attached hydrogen (secondary N) is 1. The fourth-order valence-corrected chi connectivity index (χ4v) is 2.11. The minimum atomic E-state index is -0.634. The third-order valence-electron chi connectivity index (χ3n) is 3.48. The third-order valence-corrected chi connectivity index (χ3v) is 3.48. The first-order chi connectivity index (χ1) is 10.4. The molecule has 0 fully saturated rings. The standard InChI is InChI=1S/C18H21NO3/c1-11-5-8-17(13(3)9-11)22-14(4)18(21)19-15-7-6-12(2)16(20)10-15/h5-10,14,20H,1-4H3,(H,19,21)/t14-/m1/s1. The van der Waals surface area contributed by atoms with E-state index in [0.29, 0.717) is 11.4 Å². The zero-order valence-corrected chi connectivity index (χ0v) is 13.3. The first-order valence-corrected chi connectivity index (χ1v) is 7.21. The topological polar surface area (TPSA) is 58.6 Å². The maximum Gasteiger partial charge on any atom is 0.265 e. The van der Waals surface area contributed by atoms with Crippen LogP contribution in [0.15, 0.2) is 36.4 Å². The van der Waals surface area contributed by atoms with Crippen LogP contribution in [0.2, 0.25) is 0 Å². The molecule has 0 saturated carbocycles. The van der Waals surface area contributed by atoms with Crippen molar-refractivity contribution in [1.29, 1.82) is 0 Å². The molecule has 1 atom stereocenters. The summed E-state index contributed by atoms with van der Waals surface area (Å²) in [4.78, 5) is 12.2. The molecule has 4 heteroatoms. The molecule has 2 N–H and O–H groups in total. The van der Waals surface area contributed by atoms with Gasteiger partial charge in [-0.05, 0) is 51.0 Å². The van der Waals surface area contributed by atoms with Crippen LogP contribution in [0.3, 0.4) is 0 Å². The Morgan fingerprint density at radius 3 is 2.45 bits per heavy atom. The molecule has 22 heavy (non-hydrogen) atoms. The lowest BCUT2D eigenvalue weighted by Gasteiger charge is -2.17. The summed E-state index contributed by atoms with van der Waals surface area (Å²) in [7, 11) is 0. The monoisotopic (exact) mass is 299 g/mol. The summed E-state index contributed by atoms with van der Waals surface area (Å²) in [6.45, 7) is 7.46. The number of hydrogen-bond donors (Lipinski definition) is 2. The number of hydrogen-bond acceptors (Lipinski definition) is 3. The quantitative estimate of drug-likeness (QED) is 0.904. The molecule has 2 aromatic rings. The SMILES string of the molecule is Cc1ccc(O[C@H](C)C(=O)Nc2ccc(C)c(O)c2)c(C)c1. The molecule has 0 heterocycles. The summed E-state index contributed by atoms with van der Waals surface area (Å²) >= 11 is 0. The van der Waals surface area contributed by atoms with Gasteiger partial charge >= 0.3 is 0 Å². The average Bonchev–Trinajstić information content (AvgIpc) is 2.45. The molecule has 1 amide bonds. The molecule has 0 spiro atoms. The van der Waals surface area contributed by atoms with Crippen molar-refractivity contribution < 1.29 is 14.6 Å². The Kier molecular flexibility index (Phi) is 4.71. The molecule has 0 radical (unpaired) electrons. The molecule has 0 saturated heterocycles. The Hall–Kier alpha value is -2.49. The van der Waals surface area contributed by atoms with E-state index in [0.717, 1.165) is 16.7 Å². The molecular formula is C18H21NO3. The van der Waals surface area contributed by atoms with Gasteiger partial charge in [0.2, 0.25) is 0 Å². The Bertz CT molecular complexity index is 695. The highest BCUT2D eigenvalue weighted by Gasteiger charge is 2.16. The van der Waals surface area contributed by atoms with E-state index < -0.39 is 6.10 Å². The molecule has 2 aromatic carbocycles. The van der Waals surface area contributed by atoms with Crippen molar-refractivity contribution in [3.8, 4) is 11.5 Å².